The van der Waals surface area contributed by atoms with Crippen LogP contribution in [0.3, 0.4) is 0 Å². The summed E-state index contributed by atoms with van der Waals surface area (Å²) < 4.78 is 2.05. The van der Waals surface area contributed by atoms with Gasteiger partial charge in [-0.05, 0) is 12.1 Å². The van der Waals surface area contributed by atoms with Crippen molar-refractivity contribution in [3.05, 3.63) is 64.0 Å². The van der Waals surface area contributed by atoms with Crippen molar-refractivity contribution >= 4 is 11.6 Å². The van der Waals surface area contributed by atoms with Crippen LogP contribution in [0, 0.1) is 10.1 Å². The van der Waals surface area contributed by atoms with E-state index in [4.69, 9.17) is 0 Å². The van der Waals surface area contributed by atoms with Crippen LogP contribution < -0.4 is 5.32 Å². The lowest BCUT2D eigenvalue weighted by Crippen LogP contribution is -2.38. The number of para-hydroxylation sites is 1. The summed E-state index contributed by atoms with van der Waals surface area (Å²) in [5.41, 5.74) is 1.90. The van der Waals surface area contributed by atoms with Crippen LogP contribution in [0.15, 0.2) is 47.6 Å². The van der Waals surface area contributed by atoms with Crippen LogP contribution in [-0.4, -0.2) is 34.4 Å². The number of guanidine groups is 1. The van der Waals surface area contributed by atoms with Crippen LogP contribution >= 0.6 is 0 Å². The lowest BCUT2D eigenvalue weighted by Gasteiger charge is -2.22. The van der Waals surface area contributed by atoms with Gasteiger partial charge in [0, 0.05) is 51.2 Å². The van der Waals surface area contributed by atoms with E-state index in [1.807, 2.05) is 41.9 Å². The molecule has 2 aromatic rings. The van der Waals surface area contributed by atoms with Gasteiger partial charge in [-0.15, -0.1) is 0 Å². The fourth-order valence-corrected chi connectivity index (χ4v) is 2.38. The molecular weight excluding hydrogens is 294 g/mol. The molecule has 0 atom stereocenters. The maximum Gasteiger partial charge on any atom is 0.274 e. The summed E-state index contributed by atoms with van der Waals surface area (Å²) in [4.78, 5) is 16.9. The molecule has 0 radical (unpaired) electrons. The lowest BCUT2D eigenvalue weighted by atomic mass is 10.2. The molecule has 0 saturated heterocycles. The van der Waals surface area contributed by atoms with Crippen molar-refractivity contribution in [1.82, 2.24) is 14.8 Å². The second kappa shape index (κ2) is 7.44. The minimum Gasteiger partial charge on any atom is -0.353 e. The molecule has 0 aliphatic rings. The number of nitro benzene ring substituents is 1. The van der Waals surface area contributed by atoms with Gasteiger partial charge < -0.3 is 14.8 Å². The van der Waals surface area contributed by atoms with E-state index in [0.717, 1.165) is 5.69 Å². The number of hydrogen-bond acceptors (Lipinski definition) is 3. The first-order valence-corrected chi connectivity index (χ1v) is 7.27. The average Bonchev–Trinajstić information content (AvgIpc) is 2.93. The Morgan fingerprint density at radius 1 is 1.35 bits per heavy atom. The Bertz CT molecular complexity index is 708. The molecule has 0 bridgehead atoms. The van der Waals surface area contributed by atoms with Crippen molar-refractivity contribution in [2.75, 3.05) is 14.1 Å². The van der Waals surface area contributed by atoms with Gasteiger partial charge in [-0.3, -0.25) is 15.1 Å². The Kier molecular flexibility index (Phi) is 5.35. The summed E-state index contributed by atoms with van der Waals surface area (Å²) in [5, 5.41) is 14.2. The number of aryl methyl sites for hydroxylation is 1. The van der Waals surface area contributed by atoms with Crippen LogP contribution in [0.25, 0.3) is 0 Å². The van der Waals surface area contributed by atoms with E-state index in [9.17, 15) is 10.1 Å². The molecule has 0 saturated carbocycles. The van der Waals surface area contributed by atoms with Gasteiger partial charge in [-0.2, -0.15) is 0 Å². The predicted octanol–water partition coefficient (Wildman–Crippen LogP) is 2.14. The molecule has 2 rings (SSSR count). The number of aliphatic imine (C=N–C) groups is 1. The minimum atomic E-state index is -0.368. The van der Waals surface area contributed by atoms with Gasteiger partial charge in [0.2, 0.25) is 0 Å². The third-order valence-electron chi connectivity index (χ3n) is 3.65. The van der Waals surface area contributed by atoms with Crippen LogP contribution in [-0.2, 0) is 20.1 Å². The van der Waals surface area contributed by atoms with E-state index in [-0.39, 0.29) is 10.6 Å². The van der Waals surface area contributed by atoms with Crippen LogP contribution in [0.4, 0.5) is 5.69 Å². The Morgan fingerprint density at radius 3 is 2.70 bits per heavy atom. The van der Waals surface area contributed by atoms with Crippen molar-refractivity contribution in [3.63, 3.8) is 0 Å². The largest absolute Gasteiger partial charge is 0.353 e. The van der Waals surface area contributed by atoms with Gasteiger partial charge in [0.05, 0.1) is 11.5 Å². The fourth-order valence-electron chi connectivity index (χ4n) is 2.38. The van der Waals surface area contributed by atoms with Crippen molar-refractivity contribution in [2.24, 2.45) is 12.0 Å². The van der Waals surface area contributed by atoms with Crippen LogP contribution in [0.1, 0.15) is 11.3 Å². The Labute approximate surface area is 135 Å². The molecule has 23 heavy (non-hydrogen) atoms. The van der Waals surface area contributed by atoms with Crippen LogP contribution in [0.2, 0.25) is 0 Å². The molecular formula is C16H21N5O2. The molecule has 122 valence electrons. The predicted molar refractivity (Wildman–Crippen MR) is 90.2 cm³/mol. The summed E-state index contributed by atoms with van der Waals surface area (Å²) in [6, 6.07) is 10.8. The standard InChI is InChI=1S/C16H21N5O2/c1-17-16(20(3)12-14-8-6-10-19(14)2)18-11-13-7-4-5-9-15(13)21(22)23/h4-10H,11-12H2,1-3H3,(H,17,18). The first-order chi connectivity index (χ1) is 11.0. The Balaban J connectivity index is 2.03. The molecule has 1 heterocycles. The second-order valence-electron chi connectivity index (χ2n) is 5.25. The lowest BCUT2D eigenvalue weighted by molar-refractivity contribution is -0.385. The fraction of sp³-hybridized carbons (Fsp3) is 0.312. The first kappa shape index (κ1) is 16.5. The van der Waals surface area contributed by atoms with Gasteiger partial charge >= 0.3 is 0 Å². The zero-order chi connectivity index (χ0) is 16.8. The maximum absolute atomic E-state index is 11.1. The van der Waals surface area contributed by atoms with E-state index in [1.165, 1.54) is 6.07 Å². The number of benzene rings is 1. The van der Waals surface area contributed by atoms with Crippen molar-refractivity contribution in [3.8, 4) is 0 Å². The molecule has 0 fully saturated rings. The van der Waals surface area contributed by atoms with E-state index < -0.39 is 0 Å². The number of rotatable bonds is 5. The summed E-state index contributed by atoms with van der Waals surface area (Å²) in [6.45, 7) is 1.04. The molecule has 1 aromatic heterocycles. The topological polar surface area (TPSA) is 75.7 Å². The number of nitrogens with zero attached hydrogens (tertiary/aromatic N) is 4. The van der Waals surface area contributed by atoms with Gasteiger partial charge in [0.1, 0.15) is 0 Å². The van der Waals surface area contributed by atoms with Gasteiger partial charge in [-0.25, -0.2) is 0 Å². The monoisotopic (exact) mass is 315 g/mol. The molecule has 7 nitrogen and oxygen atoms in total. The van der Waals surface area contributed by atoms with Gasteiger partial charge in [0.15, 0.2) is 5.96 Å². The van der Waals surface area contributed by atoms with E-state index >= 15 is 0 Å². The normalized spacial score (nSPS) is 11.3. The van der Waals surface area contributed by atoms with E-state index in [2.05, 4.69) is 10.3 Å². The number of nitro groups is 1. The molecule has 0 aliphatic heterocycles. The summed E-state index contributed by atoms with van der Waals surface area (Å²) in [7, 11) is 5.62. The highest BCUT2D eigenvalue weighted by Crippen LogP contribution is 2.17. The van der Waals surface area contributed by atoms with Gasteiger partial charge in [0.25, 0.3) is 5.69 Å². The summed E-state index contributed by atoms with van der Waals surface area (Å²) >= 11 is 0. The minimum absolute atomic E-state index is 0.112. The van der Waals surface area contributed by atoms with E-state index in [0.29, 0.717) is 24.6 Å². The summed E-state index contributed by atoms with van der Waals surface area (Å²) in [5.74, 6) is 0.685. The van der Waals surface area contributed by atoms with Crippen molar-refractivity contribution in [2.45, 2.75) is 13.1 Å². The first-order valence-electron chi connectivity index (χ1n) is 7.27. The second-order valence-corrected chi connectivity index (χ2v) is 5.25. The van der Waals surface area contributed by atoms with Crippen molar-refractivity contribution in [1.29, 1.82) is 0 Å². The number of hydrogen-bond donors (Lipinski definition) is 1. The smallest absolute Gasteiger partial charge is 0.274 e. The third kappa shape index (κ3) is 4.09. The third-order valence-corrected chi connectivity index (χ3v) is 3.65. The summed E-state index contributed by atoms with van der Waals surface area (Å²) in [6.07, 6.45) is 1.99. The Morgan fingerprint density at radius 2 is 2.09 bits per heavy atom. The number of aromatic nitrogens is 1. The highest BCUT2D eigenvalue weighted by Gasteiger charge is 2.14. The highest BCUT2D eigenvalue weighted by molar-refractivity contribution is 5.79. The molecule has 1 N–H and O–H groups in total. The highest BCUT2D eigenvalue weighted by atomic mass is 16.6. The molecule has 0 spiro atoms. The molecule has 0 unspecified atom stereocenters. The molecule has 7 heteroatoms. The van der Waals surface area contributed by atoms with E-state index in [1.54, 1.807) is 25.2 Å². The molecule has 1 aromatic carbocycles. The average molecular weight is 315 g/mol. The molecule has 0 amide bonds. The number of nitrogens with one attached hydrogen (secondary N) is 1. The van der Waals surface area contributed by atoms with Crippen molar-refractivity contribution < 1.29 is 4.92 Å². The quantitative estimate of drug-likeness (QED) is 0.397. The SMILES string of the molecule is CN=C(NCc1ccccc1[N+](=O)[O-])N(C)Cc1cccn1C. The van der Waals surface area contributed by atoms with Crippen LogP contribution in [0.5, 0.6) is 0 Å². The zero-order valence-electron chi connectivity index (χ0n) is 13.6. The molecule has 0 aliphatic carbocycles. The zero-order valence-corrected chi connectivity index (χ0v) is 13.6. The van der Waals surface area contributed by atoms with Gasteiger partial charge in [-0.1, -0.05) is 18.2 Å². The maximum atomic E-state index is 11.1. The Hall–Kier alpha value is -2.83.